The van der Waals surface area contributed by atoms with Crippen LogP contribution in [0.4, 0.5) is 0 Å². The molecule has 0 aromatic carbocycles. The Morgan fingerprint density at radius 2 is 2.43 bits per heavy atom. The van der Waals surface area contributed by atoms with Crippen LogP contribution in [0, 0.1) is 6.42 Å². The molecule has 0 spiro atoms. The topological polar surface area (TPSA) is 37.3 Å². The second-order valence-electron chi connectivity index (χ2n) is 0.987. The third-order valence-corrected chi connectivity index (χ3v) is 0.714. The number of aliphatic hydroxyl groups excluding tert-OH is 1. The van der Waals surface area contributed by atoms with Crippen LogP contribution in [-0.2, 0) is 4.79 Å². The molecule has 0 atom stereocenters. The lowest BCUT2D eigenvalue weighted by Crippen LogP contribution is -2.02. The van der Waals surface area contributed by atoms with Crippen molar-refractivity contribution in [1.29, 1.82) is 0 Å². The number of alkyl halides is 1. The first-order valence-electron chi connectivity index (χ1n) is 1.84. The standard InChI is InChI=1S/C4H6ClO2/c5-3-4(7)1-2-6/h1,6H,2-3H2. The van der Waals surface area contributed by atoms with Crippen molar-refractivity contribution in [2.24, 2.45) is 0 Å². The van der Waals surface area contributed by atoms with Crippen molar-refractivity contribution in [2.75, 3.05) is 12.5 Å². The van der Waals surface area contributed by atoms with E-state index in [-0.39, 0.29) is 18.3 Å². The van der Waals surface area contributed by atoms with Gasteiger partial charge in [-0.05, 0) is 0 Å². The van der Waals surface area contributed by atoms with Gasteiger partial charge in [0, 0.05) is 0 Å². The lowest BCUT2D eigenvalue weighted by molar-refractivity contribution is -0.114. The molecule has 1 N–H and O–H groups in total. The lowest BCUT2D eigenvalue weighted by Gasteiger charge is -1.84. The molecule has 0 saturated carbocycles. The maximum atomic E-state index is 10.1. The third kappa shape index (κ3) is 3.76. The van der Waals surface area contributed by atoms with Crippen LogP contribution < -0.4 is 0 Å². The van der Waals surface area contributed by atoms with Crippen LogP contribution >= 0.6 is 11.6 Å². The van der Waals surface area contributed by atoms with Gasteiger partial charge in [-0.25, -0.2) is 0 Å². The highest BCUT2D eigenvalue weighted by Crippen LogP contribution is 1.81. The largest absolute Gasteiger partial charge is 0.396 e. The second kappa shape index (κ2) is 4.09. The third-order valence-electron chi connectivity index (χ3n) is 0.451. The van der Waals surface area contributed by atoms with Gasteiger partial charge in [0.25, 0.3) is 0 Å². The summed E-state index contributed by atoms with van der Waals surface area (Å²) >= 11 is 5.04. The van der Waals surface area contributed by atoms with Gasteiger partial charge >= 0.3 is 0 Å². The molecule has 1 radical (unpaired) electrons. The van der Waals surface area contributed by atoms with E-state index in [4.69, 9.17) is 16.7 Å². The Balaban J connectivity index is 3.00. The van der Waals surface area contributed by atoms with Crippen LogP contribution in [0.5, 0.6) is 0 Å². The van der Waals surface area contributed by atoms with Crippen molar-refractivity contribution in [2.45, 2.75) is 0 Å². The van der Waals surface area contributed by atoms with E-state index in [0.29, 0.717) is 0 Å². The molecular weight excluding hydrogens is 115 g/mol. The zero-order chi connectivity index (χ0) is 5.70. The van der Waals surface area contributed by atoms with Gasteiger partial charge < -0.3 is 5.11 Å². The van der Waals surface area contributed by atoms with E-state index in [9.17, 15) is 4.79 Å². The highest BCUT2D eigenvalue weighted by atomic mass is 35.5. The fourth-order valence-electron chi connectivity index (χ4n) is 0.156. The number of carbonyl (C=O) groups excluding carboxylic acids is 1. The summed E-state index contributed by atoms with van der Waals surface area (Å²) in [5.74, 6) is -0.273. The molecule has 0 saturated heterocycles. The van der Waals surface area contributed by atoms with Gasteiger partial charge in [0.2, 0.25) is 0 Å². The van der Waals surface area contributed by atoms with E-state index >= 15 is 0 Å². The molecule has 41 valence electrons. The smallest absolute Gasteiger partial charge is 0.153 e. The lowest BCUT2D eigenvalue weighted by atomic mass is 10.3. The maximum Gasteiger partial charge on any atom is 0.153 e. The maximum absolute atomic E-state index is 10.1. The quantitative estimate of drug-likeness (QED) is 0.534. The molecule has 0 heterocycles. The first kappa shape index (κ1) is 6.92. The highest BCUT2D eigenvalue weighted by molar-refractivity contribution is 6.28. The van der Waals surface area contributed by atoms with Crippen LogP contribution in [0.3, 0.4) is 0 Å². The molecule has 0 aliphatic carbocycles. The zero-order valence-corrected chi connectivity index (χ0v) is 4.48. The molecule has 0 aromatic rings. The number of halogens is 1. The average molecular weight is 122 g/mol. The predicted molar refractivity (Wildman–Crippen MR) is 27.1 cm³/mol. The molecule has 0 bridgehead atoms. The summed E-state index contributed by atoms with van der Waals surface area (Å²) < 4.78 is 0. The van der Waals surface area contributed by atoms with Crippen LogP contribution in [0.25, 0.3) is 0 Å². The summed E-state index contributed by atoms with van der Waals surface area (Å²) in [7, 11) is 0. The minimum Gasteiger partial charge on any atom is -0.396 e. The van der Waals surface area contributed by atoms with Gasteiger partial charge in [-0.1, -0.05) is 0 Å². The van der Waals surface area contributed by atoms with E-state index in [1.54, 1.807) is 0 Å². The monoisotopic (exact) mass is 121 g/mol. The molecule has 3 heteroatoms. The Labute approximate surface area is 47.1 Å². The SMILES string of the molecule is O=C([CH]CO)CCl. The second-order valence-corrected chi connectivity index (χ2v) is 1.25. The summed E-state index contributed by atoms with van der Waals surface area (Å²) in [4.78, 5) is 10.1. The molecule has 0 aliphatic heterocycles. The van der Waals surface area contributed by atoms with Crippen molar-refractivity contribution < 1.29 is 9.90 Å². The summed E-state index contributed by atoms with van der Waals surface area (Å²) in [6, 6.07) is 0. The Hall–Kier alpha value is -0.0800. The van der Waals surface area contributed by atoms with Gasteiger partial charge in [-0.3, -0.25) is 4.79 Å². The first-order chi connectivity index (χ1) is 3.31. The number of Topliss-reactive ketones (excluding diaryl/α,β-unsaturated/α-hetero) is 1. The normalized spacial score (nSPS) is 8.86. The molecule has 0 rings (SSSR count). The Morgan fingerprint density at radius 1 is 1.86 bits per heavy atom. The summed E-state index contributed by atoms with van der Waals surface area (Å²) in [5.41, 5.74) is 0. The van der Waals surface area contributed by atoms with Gasteiger partial charge in [-0.2, -0.15) is 0 Å². The van der Waals surface area contributed by atoms with E-state index in [0.717, 1.165) is 6.42 Å². The number of ketones is 1. The van der Waals surface area contributed by atoms with Crippen LogP contribution in [0.2, 0.25) is 0 Å². The molecule has 0 unspecified atom stereocenters. The number of hydrogen-bond donors (Lipinski definition) is 1. The molecule has 0 amide bonds. The average Bonchev–Trinajstić information content (AvgIpc) is 1.68. The van der Waals surface area contributed by atoms with Gasteiger partial charge in [-0.15, -0.1) is 11.6 Å². The minimum atomic E-state index is -0.232. The van der Waals surface area contributed by atoms with Crippen molar-refractivity contribution in [3.05, 3.63) is 6.42 Å². The highest BCUT2D eigenvalue weighted by Gasteiger charge is 1.94. The number of carbonyl (C=O) groups is 1. The fourth-order valence-corrected chi connectivity index (χ4v) is 0.265. The Morgan fingerprint density at radius 3 is 2.57 bits per heavy atom. The summed E-state index contributed by atoms with van der Waals surface area (Å²) in [6.07, 6.45) is 1.13. The van der Waals surface area contributed by atoms with Crippen molar-refractivity contribution in [1.82, 2.24) is 0 Å². The Bertz CT molecular complexity index is 62.7. The van der Waals surface area contributed by atoms with E-state index in [2.05, 4.69) is 0 Å². The molecule has 0 aliphatic rings. The molecule has 0 fully saturated rings. The van der Waals surface area contributed by atoms with Gasteiger partial charge in [0.15, 0.2) is 5.78 Å². The van der Waals surface area contributed by atoms with E-state index in [1.165, 1.54) is 0 Å². The molecule has 7 heavy (non-hydrogen) atoms. The number of aliphatic hydroxyl groups is 1. The number of hydrogen-bond acceptors (Lipinski definition) is 2. The number of rotatable bonds is 3. The van der Waals surface area contributed by atoms with Gasteiger partial charge in [0.1, 0.15) is 0 Å². The van der Waals surface area contributed by atoms with Crippen molar-refractivity contribution in [3.8, 4) is 0 Å². The fraction of sp³-hybridized carbons (Fsp3) is 0.500. The van der Waals surface area contributed by atoms with Crippen molar-refractivity contribution >= 4 is 17.4 Å². The van der Waals surface area contributed by atoms with E-state index < -0.39 is 0 Å². The molecule has 0 aromatic heterocycles. The summed E-state index contributed by atoms with van der Waals surface area (Å²) in [5, 5.41) is 8.03. The first-order valence-corrected chi connectivity index (χ1v) is 2.37. The van der Waals surface area contributed by atoms with E-state index in [1.807, 2.05) is 0 Å². The van der Waals surface area contributed by atoms with Crippen LogP contribution in [0.15, 0.2) is 0 Å². The predicted octanol–water partition coefficient (Wildman–Crippen LogP) is -0.00911. The Kier molecular flexibility index (Phi) is 4.04. The summed E-state index contributed by atoms with van der Waals surface area (Å²) in [6.45, 7) is -0.217. The minimum absolute atomic E-state index is 0.0411. The zero-order valence-electron chi connectivity index (χ0n) is 3.72. The van der Waals surface area contributed by atoms with Gasteiger partial charge in [0.05, 0.1) is 18.9 Å². The molecule has 2 nitrogen and oxygen atoms in total. The molecular formula is C4H6ClO2. The van der Waals surface area contributed by atoms with Crippen molar-refractivity contribution in [3.63, 3.8) is 0 Å². The van der Waals surface area contributed by atoms with Crippen LogP contribution in [0.1, 0.15) is 0 Å². The van der Waals surface area contributed by atoms with Crippen LogP contribution in [-0.4, -0.2) is 23.4 Å².